The molecule has 2 aromatic rings. The number of carbonyl (C=O) groups is 3. The summed E-state index contributed by atoms with van der Waals surface area (Å²) in [6.07, 6.45) is -1.13. The molecule has 4 amide bonds. The van der Waals surface area contributed by atoms with Gasteiger partial charge in [0.1, 0.15) is 0 Å². The number of fused-ring (bicyclic) bond motifs is 1. The van der Waals surface area contributed by atoms with Gasteiger partial charge in [0.05, 0.1) is 40.0 Å². The van der Waals surface area contributed by atoms with Crippen LogP contribution in [0.1, 0.15) is 17.4 Å². The van der Waals surface area contributed by atoms with Crippen molar-refractivity contribution in [2.75, 3.05) is 25.2 Å². The van der Waals surface area contributed by atoms with Crippen LogP contribution >= 0.6 is 23.1 Å². The van der Waals surface area contributed by atoms with Gasteiger partial charge < -0.3 is 10.2 Å². The van der Waals surface area contributed by atoms with Gasteiger partial charge in [-0.15, -0.1) is 23.1 Å². The number of imide groups is 1. The van der Waals surface area contributed by atoms with E-state index in [2.05, 4.69) is 20.9 Å². The number of nitrogens with zero attached hydrogens (tertiary/aromatic N) is 4. The number of nitro groups is 1. The number of amides is 4. The van der Waals surface area contributed by atoms with Gasteiger partial charge >= 0.3 is 6.03 Å². The fraction of sp³-hybridized carbons (Fsp3) is 0.400. The summed E-state index contributed by atoms with van der Waals surface area (Å²) in [5.41, 5.74) is 1.47. The van der Waals surface area contributed by atoms with Crippen molar-refractivity contribution < 1.29 is 19.3 Å². The second kappa shape index (κ2) is 9.66. The smallest absolute Gasteiger partial charge is 0.311 e. The van der Waals surface area contributed by atoms with E-state index < -0.39 is 34.6 Å². The van der Waals surface area contributed by atoms with Crippen LogP contribution in [-0.4, -0.2) is 68.9 Å². The Morgan fingerprint density at radius 1 is 1.26 bits per heavy atom. The average Bonchev–Trinajstić information content (AvgIpc) is 3.23. The van der Waals surface area contributed by atoms with E-state index in [9.17, 15) is 24.5 Å². The maximum Gasteiger partial charge on any atom is 0.327 e. The molecule has 3 heterocycles. The van der Waals surface area contributed by atoms with E-state index in [-0.39, 0.29) is 23.3 Å². The van der Waals surface area contributed by atoms with Crippen LogP contribution in [0.2, 0.25) is 0 Å². The number of anilines is 1. The molecule has 4 atom stereocenters. The number of aryl methyl sites for hydroxylation is 1. The van der Waals surface area contributed by atoms with Crippen molar-refractivity contribution in [1.82, 2.24) is 25.4 Å². The van der Waals surface area contributed by atoms with E-state index in [1.807, 2.05) is 12.3 Å². The van der Waals surface area contributed by atoms with Gasteiger partial charge in [-0.3, -0.25) is 35.2 Å². The highest BCUT2D eigenvalue weighted by atomic mass is 32.2. The average molecular weight is 506 g/mol. The quantitative estimate of drug-likeness (QED) is 0.394. The first kappa shape index (κ1) is 24.1. The maximum atomic E-state index is 13.0. The monoisotopic (exact) mass is 505 g/mol. The lowest BCUT2D eigenvalue weighted by molar-refractivity contribution is -0.384. The van der Waals surface area contributed by atoms with Gasteiger partial charge in [0.2, 0.25) is 11.8 Å². The topological polar surface area (TPSA) is 150 Å². The van der Waals surface area contributed by atoms with Crippen molar-refractivity contribution in [3.05, 3.63) is 51.0 Å². The molecule has 1 aromatic carbocycles. The van der Waals surface area contributed by atoms with Crippen LogP contribution < -0.4 is 16.0 Å². The Hall–Kier alpha value is -3.07. The van der Waals surface area contributed by atoms with E-state index in [1.165, 1.54) is 47.2 Å². The predicted octanol–water partition coefficient (Wildman–Crippen LogP) is 1.72. The summed E-state index contributed by atoms with van der Waals surface area (Å²) < 4.78 is 0. The van der Waals surface area contributed by atoms with Gasteiger partial charge in [0.15, 0.2) is 5.13 Å². The number of thiazole rings is 1. The Morgan fingerprint density at radius 2 is 1.97 bits per heavy atom. The third kappa shape index (κ3) is 4.75. The Bertz CT molecular complexity index is 1120. The van der Waals surface area contributed by atoms with Crippen molar-refractivity contribution in [3.8, 4) is 0 Å². The lowest BCUT2D eigenvalue weighted by Crippen LogP contribution is -2.72. The molecule has 3 N–H and O–H groups in total. The Labute approximate surface area is 203 Å². The normalized spacial score (nSPS) is 24.7. The highest BCUT2D eigenvalue weighted by Gasteiger charge is 2.51. The summed E-state index contributed by atoms with van der Waals surface area (Å²) in [5.74, 6) is -1.21. The Morgan fingerprint density at radius 3 is 2.59 bits per heavy atom. The van der Waals surface area contributed by atoms with Crippen LogP contribution in [-0.2, 0) is 9.59 Å². The maximum absolute atomic E-state index is 13.0. The van der Waals surface area contributed by atoms with Crippen LogP contribution in [0.3, 0.4) is 0 Å². The van der Waals surface area contributed by atoms with Gasteiger partial charge in [-0.2, -0.15) is 0 Å². The first-order valence-corrected chi connectivity index (χ1v) is 12.2. The molecule has 0 aliphatic carbocycles. The molecule has 4 rings (SSSR count). The highest BCUT2D eigenvalue weighted by Crippen LogP contribution is 2.34. The lowest BCUT2D eigenvalue weighted by Gasteiger charge is -2.50. The Kier molecular flexibility index (Phi) is 6.84. The number of benzene rings is 1. The van der Waals surface area contributed by atoms with Gasteiger partial charge in [0.25, 0.3) is 5.69 Å². The van der Waals surface area contributed by atoms with Crippen LogP contribution in [0, 0.1) is 23.0 Å². The molecule has 180 valence electrons. The van der Waals surface area contributed by atoms with Crippen molar-refractivity contribution in [2.45, 2.75) is 24.6 Å². The van der Waals surface area contributed by atoms with E-state index >= 15 is 0 Å². The minimum absolute atomic E-state index is 0.0424. The molecule has 2 aliphatic rings. The van der Waals surface area contributed by atoms with Gasteiger partial charge in [-0.05, 0) is 24.6 Å². The van der Waals surface area contributed by atoms with Crippen molar-refractivity contribution in [1.29, 1.82) is 0 Å². The molecule has 0 saturated carbocycles. The summed E-state index contributed by atoms with van der Waals surface area (Å²) in [6, 6.07) is 5.57. The molecule has 12 nitrogen and oxygen atoms in total. The summed E-state index contributed by atoms with van der Waals surface area (Å²) in [4.78, 5) is 55.4. The van der Waals surface area contributed by atoms with E-state index in [0.29, 0.717) is 10.7 Å². The van der Waals surface area contributed by atoms with E-state index in [1.54, 1.807) is 19.2 Å². The van der Waals surface area contributed by atoms with Crippen molar-refractivity contribution in [3.63, 3.8) is 0 Å². The molecule has 2 fully saturated rings. The minimum Gasteiger partial charge on any atom is -0.311 e. The van der Waals surface area contributed by atoms with Gasteiger partial charge in [-0.1, -0.05) is 0 Å². The first-order valence-electron chi connectivity index (χ1n) is 10.3. The first-order chi connectivity index (χ1) is 16.2. The number of rotatable bonds is 6. The molecule has 4 unspecified atom stereocenters. The van der Waals surface area contributed by atoms with Crippen molar-refractivity contribution in [2.24, 2.45) is 5.92 Å². The fourth-order valence-corrected chi connectivity index (χ4v) is 5.72. The van der Waals surface area contributed by atoms with E-state index in [4.69, 9.17) is 0 Å². The van der Waals surface area contributed by atoms with Gasteiger partial charge in [-0.25, -0.2) is 9.78 Å². The lowest BCUT2D eigenvalue weighted by atomic mass is 9.96. The number of hydrogen-bond acceptors (Lipinski definition) is 10. The second-order valence-corrected chi connectivity index (χ2v) is 9.94. The fourth-order valence-electron chi connectivity index (χ4n) is 3.91. The van der Waals surface area contributed by atoms with Crippen LogP contribution in [0.25, 0.3) is 0 Å². The molecule has 14 heteroatoms. The second-order valence-electron chi connectivity index (χ2n) is 7.95. The third-order valence-corrected chi connectivity index (χ3v) is 7.75. The van der Waals surface area contributed by atoms with Crippen molar-refractivity contribution >= 4 is 51.8 Å². The highest BCUT2D eigenvalue weighted by molar-refractivity contribution is 8.00. The molecular formula is C20H23N7O5S2. The number of urea groups is 1. The molecule has 1 aromatic heterocycles. The molecule has 34 heavy (non-hydrogen) atoms. The molecule has 0 radical (unpaired) electrons. The molecule has 2 saturated heterocycles. The molecule has 2 aliphatic heterocycles. The zero-order chi connectivity index (χ0) is 24.6. The molecular weight excluding hydrogens is 482 g/mol. The molecule has 0 bridgehead atoms. The Balaban J connectivity index is 1.54. The minimum atomic E-state index is -0.651. The van der Waals surface area contributed by atoms with Crippen LogP contribution in [0.5, 0.6) is 0 Å². The third-order valence-electron chi connectivity index (χ3n) is 5.65. The van der Waals surface area contributed by atoms with Gasteiger partial charge in [0, 0.05) is 31.6 Å². The number of hydrogen-bond donors (Lipinski definition) is 3. The number of aromatic nitrogens is 1. The van der Waals surface area contributed by atoms with Crippen LogP contribution in [0.4, 0.5) is 15.6 Å². The number of thioether (sulfide) groups is 1. The largest absolute Gasteiger partial charge is 0.327 e. The van der Waals surface area contributed by atoms with E-state index in [0.717, 1.165) is 10.6 Å². The SMILES string of the molecule is Cc1csc(NC(=O)CSC2NC(c3ccc([N+](=O)[O-])cc3)NC3C2C(=O)N(C)C(=O)N3C)n1. The number of carbonyl (C=O) groups excluding carboxylic acids is 3. The number of nitrogens with one attached hydrogen (secondary N) is 3. The standard InChI is InChI=1S/C20H23N7O5S2/c1-10-8-34-19(21-10)22-13(28)9-33-17-14-16(25(2)20(30)26(3)18(14)29)23-15(24-17)11-4-6-12(7-5-11)27(31)32/h4-8,14-17,23-24H,9H2,1-3H3,(H,21,22,28). The zero-order valence-corrected chi connectivity index (χ0v) is 20.2. The summed E-state index contributed by atoms with van der Waals surface area (Å²) in [6.45, 7) is 1.83. The molecule has 0 spiro atoms. The number of non-ortho nitro benzene ring substituents is 1. The summed E-state index contributed by atoms with van der Waals surface area (Å²) >= 11 is 2.58. The number of nitro benzene ring substituents is 1. The zero-order valence-electron chi connectivity index (χ0n) is 18.5. The summed E-state index contributed by atoms with van der Waals surface area (Å²) in [5, 5.41) is 22.2. The predicted molar refractivity (Wildman–Crippen MR) is 127 cm³/mol. The van der Waals surface area contributed by atoms with Crippen LogP contribution in [0.15, 0.2) is 29.6 Å². The summed E-state index contributed by atoms with van der Waals surface area (Å²) in [7, 11) is 3.03.